The van der Waals surface area contributed by atoms with Crippen LogP contribution >= 0.6 is 11.3 Å². The van der Waals surface area contributed by atoms with E-state index >= 15 is 0 Å². The van der Waals surface area contributed by atoms with Crippen molar-refractivity contribution in [1.82, 2.24) is 5.32 Å². The number of primary amides is 1. The molecule has 1 aromatic heterocycles. The van der Waals surface area contributed by atoms with E-state index in [1.807, 2.05) is 6.07 Å². The van der Waals surface area contributed by atoms with Crippen molar-refractivity contribution in [3.63, 3.8) is 0 Å². The number of nitrogens with two attached hydrogens (primary N) is 1. The van der Waals surface area contributed by atoms with Crippen LogP contribution in [0.2, 0.25) is 0 Å². The Labute approximate surface area is 150 Å². The number of carbonyl (C=O) groups is 1. The number of amides is 1. The van der Waals surface area contributed by atoms with E-state index in [1.165, 1.54) is 17.0 Å². The topological polar surface area (TPSA) is 98.3 Å². The van der Waals surface area contributed by atoms with Gasteiger partial charge in [-0.05, 0) is 49.1 Å². The lowest BCUT2D eigenvalue weighted by Crippen LogP contribution is -2.37. The van der Waals surface area contributed by atoms with Crippen molar-refractivity contribution in [2.75, 3.05) is 0 Å². The third kappa shape index (κ3) is 4.43. The molecule has 2 unspecified atom stereocenters. The van der Waals surface area contributed by atoms with Crippen molar-refractivity contribution in [2.45, 2.75) is 38.3 Å². The highest BCUT2D eigenvalue weighted by molar-refractivity contribution is 7.15. The number of nitro groups is 1. The molecule has 1 amide bonds. The molecule has 1 aromatic carbocycles. The normalized spacial score (nSPS) is 20.3. The summed E-state index contributed by atoms with van der Waals surface area (Å²) in [6.07, 6.45) is 3.82. The molecule has 3 N–H and O–H groups in total. The molecule has 1 saturated carbocycles. The zero-order valence-electron chi connectivity index (χ0n) is 13.8. The maximum atomic E-state index is 11.4. The van der Waals surface area contributed by atoms with Crippen molar-refractivity contribution in [3.05, 3.63) is 51.4 Å². The SMILES string of the molecule is NC(=O)C1CCCC(NCc2ccc(-c3ccc([N+](=O)[O-])cc3)s2)C1. The molecule has 0 spiro atoms. The Kier molecular flexibility index (Phi) is 5.45. The second kappa shape index (κ2) is 7.76. The summed E-state index contributed by atoms with van der Waals surface area (Å²) < 4.78 is 0. The van der Waals surface area contributed by atoms with Gasteiger partial charge in [0, 0.05) is 40.4 Å². The molecule has 25 heavy (non-hydrogen) atoms. The molecule has 1 heterocycles. The highest BCUT2D eigenvalue weighted by atomic mass is 32.1. The maximum absolute atomic E-state index is 11.4. The van der Waals surface area contributed by atoms with Gasteiger partial charge in [0.2, 0.25) is 5.91 Å². The van der Waals surface area contributed by atoms with Gasteiger partial charge >= 0.3 is 0 Å². The molecule has 1 fully saturated rings. The Morgan fingerprint density at radius 1 is 1.24 bits per heavy atom. The van der Waals surface area contributed by atoms with Gasteiger partial charge < -0.3 is 11.1 Å². The van der Waals surface area contributed by atoms with Crippen LogP contribution in [0.1, 0.15) is 30.6 Å². The lowest BCUT2D eigenvalue weighted by Gasteiger charge is -2.27. The molecule has 2 aromatic rings. The van der Waals surface area contributed by atoms with Crippen LogP contribution < -0.4 is 11.1 Å². The third-order valence-electron chi connectivity index (χ3n) is 4.67. The van der Waals surface area contributed by atoms with Crippen LogP contribution in [-0.4, -0.2) is 16.9 Å². The number of thiophene rings is 1. The minimum atomic E-state index is -0.392. The summed E-state index contributed by atoms with van der Waals surface area (Å²) in [5, 5.41) is 14.2. The quantitative estimate of drug-likeness (QED) is 0.609. The number of non-ortho nitro benzene ring substituents is 1. The number of nitrogens with one attached hydrogen (secondary N) is 1. The molecule has 0 saturated heterocycles. The van der Waals surface area contributed by atoms with E-state index in [4.69, 9.17) is 5.73 Å². The molecule has 6 nitrogen and oxygen atoms in total. The van der Waals surface area contributed by atoms with E-state index in [2.05, 4.69) is 11.4 Å². The second-order valence-electron chi connectivity index (χ2n) is 6.41. The lowest BCUT2D eigenvalue weighted by atomic mass is 9.85. The van der Waals surface area contributed by atoms with E-state index in [0.29, 0.717) is 6.04 Å². The van der Waals surface area contributed by atoms with Crippen LogP contribution in [0.4, 0.5) is 5.69 Å². The molecule has 7 heteroatoms. The zero-order valence-corrected chi connectivity index (χ0v) is 14.6. The van der Waals surface area contributed by atoms with Gasteiger partial charge in [-0.2, -0.15) is 0 Å². The standard InChI is InChI=1S/C18H21N3O3S/c19-18(22)13-2-1-3-14(10-13)20-11-16-8-9-17(25-16)12-4-6-15(7-5-12)21(23)24/h4-9,13-14,20H,1-3,10-11H2,(H2,19,22). The summed E-state index contributed by atoms with van der Waals surface area (Å²) in [4.78, 5) is 24.0. The van der Waals surface area contributed by atoms with Crippen molar-refractivity contribution in [1.29, 1.82) is 0 Å². The smallest absolute Gasteiger partial charge is 0.269 e. The first-order chi connectivity index (χ1) is 12.0. The molecule has 0 aliphatic heterocycles. The van der Waals surface area contributed by atoms with Crippen LogP contribution in [-0.2, 0) is 11.3 Å². The number of carbonyl (C=O) groups excluding carboxylic acids is 1. The van der Waals surface area contributed by atoms with E-state index in [0.717, 1.165) is 42.7 Å². The second-order valence-corrected chi connectivity index (χ2v) is 7.58. The number of nitrogens with zero attached hydrogens (tertiary/aromatic N) is 1. The Bertz CT molecular complexity index is 757. The fraction of sp³-hybridized carbons (Fsp3) is 0.389. The van der Waals surface area contributed by atoms with Crippen molar-refractivity contribution < 1.29 is 9.72 Å². The number of nitro benzene ring substituents is 1. The molecule has 2 atom stereocenters. The molecular weight excluding hydrogens is 338 g/mol. The molecule has 132 valence electrons. The predicted molar refractivity (Wildman–Crippen MR) is 98.2 cm³/mol. The predicted octanol–water partition coefficient (Wildman–Crippen LogP) is 3.46. The summed E-state index contributed by atoms with van der Waals surface area (Å²) >= 11 is 1.67. The van der Waals surface area contributed by atoms with Gasteiger partial charge in [-0.3, -0.25) is 14.9 Å². The number of rotatable bonds is 6. The van der Waals surface area contributed by atoms with Crippen LogP contribution in [0.3, 0.4) is 0 Å². The maximum Gasteiger partial charge on any atom is 0.269 e. The summed E-state index contributed by atoms with van der Waals surface area (Å²) in [5.74, 6) is -0.201. The van der Waals surface area contributed by atoms with E-state index in [1.54, 1.807) is 23.5 Å². The highest BCUT2D eigenvalue weighted by Gasteiger charge is 2.25. The van der Waals surface area contributed by atoms with Crippen molar-refractivity contribution in [3.8, 4) is 10.4 Å². The monoisotopic (exact) mass is 359 g/mol. The summed E-state index contributed by atoms with van der Waals surface area (Å²) in [5.41, 5.74) is 6.51. The van der Waals surface area contributed by atoms with E-state index in [-0.39, 0.29) is 17.5 Å². The fourth-order valence-corrected chi connectivity index (χ4v) is 4.22. The number of hydrogen-bond acceptors (Lipinski definition) is 5. The average Bonchev–Trinajstić information content (AvgIpc) is 3.09. The van der Waals surface area contributed by atoms with Gasteiger partial charge in [0.1, 0.15) is 0 Å². The van der Waals surface area contributed by atoms with Gasteiger partial charge in [-0.1, -0.05) is 6.42 Å². The fourth-order valence-electron chi connectivity index (χ4n) is 3.25. The van der Waals surface area contributed by atoms with Crippen LogP contribution in [0.25, 0.3) is 10.4 Å². The molecule has 3 rings (SSSR count). The highest BCUT2D eigenvalue weighted by Crippen LogP contribution is 2.30. The van der Waals surface area contributed by atoms with E-state index < -0.39 is 4.92 Å². The molecule has 1 aliphatic rings. The van der Waals surface area contributed by atoms with E-state index in [9.17, 15) is 14.9 Å². The van der Waals surface area contributed by atoms with Gasteiger partial charge in [0.15, 0.2) is 0 Å². The summed E-state index contributed by atoms with van der Waals surface area (Å²) in [6.45, 7) is 0.758. The van der Waals surface area contributed by atoms with Crippen LogP contribution in [0, 0.1) is 16.0 Å². The molecule has 0 radical (unpaired) electrons. The van der Waals surface area contributed by atoms with Gasteiger partial charge in [0.25, 0.3) is 5.69 Å². The lowest BCUT2D eigenvalue weighted by molar-refractivity contribution is -0.384. The molecular formula is C18H21N3O3S. The summed E-state index contributed by atoms with van der Waals surface area (Å²) in [7, 11) is 0. The number of hydrogen-bond donors (Lipinski definition) is 2. The van der Waals surface area contributed by atoms with Gasteiger partial charge in [-0.15, -0.1) is 11.3 Å². The first-order valence-electron chi connectivity index (χ1n) is 8.39. The Morgan fingerprint density at radius 2 is 2.00 bits per heavy atom. The largest absolute Gasteiger partial charge is 0.369 e. The number of benzene rings is 1. The Balaban J connectivity index is 1.58. The van der Waals surface area contributed by atoms with Gasteiger partial charge in [0.05, 0.1) is 4.92 Å². The Hall–Kier alpha value is -2.25. The molecule has 1 aliphatic carbocycles. The average molecular weight is 359 g/mol. The summed E-state index contributed by atoms with van der Waals surface area (Å²) in [6, 6.07) is 11.0. The van der Waals surface area contributed by atoms with Crippen LogP contribution in [0.15, 0.2) is 36.4 Å². The minimum Gasteiger partial charge on any atom is -0.369 e. The Morgan fingerprint density at radius 3 is 2.68 bits per heavy atom. The first-order valence-corrected chi connectivity index (χ1v) is 9.21. The molecule has 0 bridgehead atoms. The van der Waals surface area contributed by atoms with Crippen molar-refractivity contribution in [2.24, 2.45) is 11.7 Å². The van der Waals surface area contributed by atoms with Gasteiger partial charge in [-0.25, -0.2) is 0 Å². The van der Waals surface area contributed by atoms with Crippen LogP contribution in [0.5, 0.6) is 0 Å². The van der Waals surface area contributed by atoms with Crippen molar-refractivity contribution >= 4 is 22.9 Å². The zero-order chi connectivity index (χ0) is 17.8. The minimum absolute atomic E-state index is 0.00902. The first kappa shape index (κ1) is 17.6. The third-order valence-corrected chi connectivity index (χ3v) is 5.80.